The van der Waals surface area contributed by atoms with Crippen molar-refractivity contribution in [1.82, 2.24) is 4.90 Å². The fourth-order valence-corrected chi connectivity index (χ4v) is 1.11. The Morgan fingerprint density at radius 1 is 1.21 bits per heavy atom. The molecule has 0 aliphatic rings. The average Bonchev–Trinajstić information content (AvgIpc) is 2.17. The second-order valence-electron chi connectivity index (χ2n) is 3.23. The summed E-state index contributed by atoms with van der Waals surface area (Å²) in [5, 5.41) is 17.3. The lowest BCUT2D eigenvalue weighted by atomic mass is 10.2. The topological polar surface area (TPSA) is 60.8 Å². The van der Waals surface area contributed by atoms with Gasteiger partial charge in [-0.1, -0.05) is 6.58 Å². The van der Waals surface area contributed by atoms with Gasteiger partial charge < -0.3 is 15.1 Å². The number of rotatable bonds is 7. The lowest BCUT2D eigenvalue weighted by Gasteiger charge is -2.21. The molecule has 82 valence electrons. The van der Waals surface area contributed by atoms with Crippen molar-refractivity contribution in [3.8, 4) is 0 Å². The number of hydrogen-bond acceptors (Lipinski definition) is 3. The van der Waals surface area contributed by atoms with Crippen LogP contribution in [-0.2, 0) is 4.79 Å². The van der Waals surface area contributed by atoms with Gasteiger partial charge in [0.1, 0.15) is 0 Å². The monoisotopic (exact) mass is 201 g/mol. The maximum atomic E-state index is 11.5. The van der Waals surface area contributed by atoms with Crippen molar-refractivity contribution < 1.29 is 15.0 Å². The van der Waals surface area contributed by atoms with Crippen molar-refractivity contribution in [3.63, 3.8) is 0 Å². The van der Waals surface area contributed by atoms with Gasteiger partial charge in [0.25, 0.3) is 0 Å². The molecule has 0 aromatic heterocycles. The van der Waals surface area contributed by atoms with Crippen LogP contribution in [0.4, 0.5) is 0 Å². The summed E-state index contributed by atoms with van der Waals surface area (Å²) in [6, 6.07) is 0. The number of aliphatic hydroxyl groups excluding tert-OH is 2. The minimum Gasteiger partial charge on any atom is -0.396 e. The van der Waals surface area contributed by atoms with E-state index in [1.807, 2.05) is 0 Å². The summed E-state index contributed by atoms with van der Waals surface area (Å²) in [7, 11) is 0. The van der Waals surface area contributed by atoms with E-state index in [0.29, 0.717) is 31.5 Å². The van der Waals surface area contributed by atoms with Crippen LogP contribution in [0, 0.1) is 0 Å². The first-order chi connectivity index (χ1) is 6.63. The van der Waals surface area contributed by atoms with Crippen LogP contribution in [0.15, 0.2) is 12.2 Å². The van der Waals surface area contributed by atoms with Crippen LogP contribution >= 0.6 is 0 Å². The second-order valence-corrected chi connectivity index (χ2v) is 3.23. The number of carbonyl (C=O) groups excluding carboxylic acids is 1. The van der Waals surface area contributed by atoms with Gasteiger partial charge in [0, 0.05) is 31.9 Å². The van der Waals surface area contributed by atoms with Gasteiger partial charge in [0.2, 0.25) is 5.91 Å². The Morgan fingerprint density at radius 3 is 1.93 bits per heavy atom. The van der Waals surface area contributed by atoms with Gasteiger partial charge in [0.05, 0.1) is 0 Å². The van der Waals surface area contributed by atoms with E-state index >= 15 is 0 Å². The van der Waals surface area contributed by atoms with Crippen LogP contribution in [0.25, 0.3) is 0 Å². The summed E-state index contributed by atoms with van der Waals surface area (Å²) in [6.07, 6.45) is 1.12. The van der Waals surface area contributed by atoms with Gasteiger partial charge >= 0.3 is 0 Å². The fraction of sp³-hybridized carbons (Fsp3) is 0.700. The van der Waals surface area contributed by atoms with Gasteiger partial charge in [-0.3, -0.25) is 4.79 Å². The molecular weight excluding hydrogens is 182 g/mol. The molecule has 0 aliphatic carbocycles. The largest absolute Gasteiger partial charge is 0.396 e. The summed E-state index contributed by atoms with van der Waals surface area (Å²) >= 11 is 0. The molecule has 1 amide bonds. The molecule has 0 radical (unpaired) electrons. The third kappa shape index (κ3) is 4.99. The summed E-state index contributed by atoms with van der Waals surface area (Å²) < 4.78 is 0. The predicted molar refractivity (Wildman–Crippen MR) is 54.8 cm³/mol. The van der Waals surface area contributed by atoms with Crippen LogP contribution in [0.2, 0.25) is 0 Å². The van der Waals surface area contributed by atoms with E-state index in [-0.39, 0.29) is 19.1 Å². The molecule has 0 rings (SSSR count). The smallest absolute Gasteiger partial charge is 0.248 e. The zero-order valence-corrected chi connectivity index (χ0v) is 8.70. The van der Waals surface area contributed by atoms with Crippen molar-refractivity contribution in [2.24, 2.45) is 0 Å². The Bertz CT molecular complexity index is 184. The number of carbonyl (C=O) groups is 1. The molecule has 0 spiro atoms. The van der Waals surface area contributed by atoms with Crippen LogP contribution in [-0.4, -0.2) is 47.3 Å². The molecule has 14 heavy (non-hydrogen) atoms. The molecule has 2 N–H and O–H groups in total. The van der Waals surface area contributed by atoms with E-state index in [1.165, 1.54) is 0 Å². The summed E-state index contributed by atoms with van der Waals surface area (Å²) in [5.74, 6) is -0.105. The van der Waals surface area contributed by atoms with Crippen LogP contribution in [0.3, 0.4) is 0 Å². The minimum absolute atomic E-state index is 0.0685. The first-order valence-corrected chi connectivity index (χ1v) is 4.80. The molecule has 0 bridgehead atoms. The van der Waals surface area contributed by atoms with E-state index in [0.717, 1.165) is 0 Å². The molecule has 0 fully saturated rings. The third-order valence-electron chi connectivity index (χ3n) is 1.82. The van der Waals surface area contributed by atoms with E-state index in [4.69, 9.17) is 10.2 Å². The molecule has 0 saturated carbocycles. The Morgan fingerprint density at radius 2 is 1.64 bits per heavy atom. The molecule has 0 unspecified atom stereocenters. The quantitative estimate of drug-likeness (QED) is 0.577. The van der Waals surface area contributed by atoms with Crippen molar-refractivity contribution in [2.45, 2.75) is 19.8 Å². The first-order valence-electron chi connectivity index (χ1n) is 4.80. The van der Waals surface area contributed by atoms with Gasteiger partial charge in [-0.25, -0.2) is 0 Å². The molecule has 0 aromatic rings. The maximum absolute atomic E-state index is 11.5. The molecule has 0 aliphatic heterocycles. The van der Waals surface area contributed by atoms with Gasteiger partial charge in [0.15, 0.2) is 0 Å². The Balaban J connectivity index is 4.08. The molecule has 4 nitrogen and oxygen atoms in total. The number of amides is 1. The Labute approximate surface area is 84.8 Å². The summed E-state index contributed by atoms with van der Waals surface area (Å²) in [4.78, 5) is 13.1. The minimum atomic E-state index is -0.105. The fourth-order valence-electron chi connectivity index (χ4n) is 1.11. The van der Waals surface area contributed by atoms with E-state index < -0.39 is 0 Å². The van der Waals surface area contributed by atoms with Crippen molar-refractivity contribution in [1.29, 1.82) is 0 Å². The van der Waals surface area contributed by atoms with E-state index in [1.54, 1.807) is 11.8 Å². The van der Waals surface area contributed by atoms with Gasteiger partial charge in [-0.05, 0) is 19.8 Å². The van der Waals surface area contributed by atoms with Crippen LogP contribution in [0.5, 0.6) is 0 Å². The van der Waals surface area contributed by atoms with Gasteiger partial charge in [-0.15, -0.1) is 0 Å². The number of aliphatic hydroxyl groups is 2. The molecule has 0 atom stereocenters. The highest BCUT2D eigenvalue weighted by Gasteiger charge is 2.12. The number of nitrogens with zero attached hydrogens (tertiary/aromatic N) is 1. The second kappa shape index (κ2) is 7.53. The highest BCUT2D eigenvalue weighted by atomic mass is 16.3. The zero-order chi connectivity index (χ0) is 11.0. The predicted octanol–water partition coefficient (Wildman–Crippen LogP) is 0.156. The third-order valence-corrected chi connectivity index (χ3v) is 1.82. The van der Waals surface area contributed by atoms with E-state index in [2.05, 4.69) is 6.58 Å². The van der Waals surface area contributed by atoms with Gasteiger partial charge in [-0.2, -0.15) is 0 Å². The van der Waals surface area contributed by atoms with Crippen molar-refractivity contribution in [3.05, 3.63) is 12.2 Å². The molecule has 4 heteroatoms. The van der Waals surface area contributed by atoms with Crippen LogP contribution < -0.4 is 0 Å². The standard InChI is InChI=1S/C10H19NO3/c1-9(2)10(14)11(5-3-7-12)6-4-8-13/h12-13H,1,3-8H2,2H3. The lowest BCUT2D eigenvalue weighted by molar-refractivity contribution is -0.127. The normalized spacial score (nSPS) is 9.93. The lowest BCUT2D eigenvalue weighted by Crippen LogP contribution is -2.34. The molecule has 0 heterocycles. The summed E-state index contributed by atoms with van der Waals surface area (Å²) in [5.41, 5.74) is 0.487. The highest BCUT2D eigenvalue weighted by Crippen LogP contribution is 2.01. The first kappa shape index (κ1) is 13.1. The van der Waals surface area contributed by atoms with Crippen molar-refractivity contribution >= 4 is 5.91 Å². The zero-order valence-electron chi connectivity index (χ0n) is 8.70. The average molecular weight is 201 g/mol. The maximum Gasteiger partial charge on any atom is 0.248 e. The molecule has 0 saturated heterocycles. The summed E-state index contributed by atoms with van der Waals surface area (Å²) in [6.45, 7) is 6.41. The van der Waals surface area contributed by atoms with Crippen LogP contribution in [0.1, 0.15) is 19.8 Å². The molecular formula is C10H19NO3. The number of hydrogen-bond donors (Lipinski definition) is 2. The Kier molecular flexibility index (Phi) is 7.06. The van der Waals surface area contributed by atoms with Crippen molar-refractivity contribution in [2.75, 3.05) is 26.3 Å². The Hall–Kier alpha value is -0.870. The SMILES string of the molecule is C=C(C)C(=O)N(CCCO)CCCO. The highest BCUT2D eigenvalue weighted by molar-refractivity contribution is 5.92. The van der Waals surface area contributed by atoms with E-state index in [9.17, 15) is 4.79 Å². The molecule has 0 aromatic carbocycles.